The van der Waals surface area contributed by atoms with E-state index in [-0.39, 0.29) is 12.3 Å². The average molecular weight is 317 g/mol. The van der Waals surface area contributed by atoms with Gasteiger partial charge in [-0.2, -0.15) is 0 Å². The maximum atomic E-state index is 5.61. The van der Waals surface area contributed by atoms with Crippen molar-refractivity contribution in [1.29, 1.82) is 0 Å². The lowest BCUT2D eigenvalue weighted by Crippen LogP contribution is -2.43. The van der Waals surface area contributed by atoms with Gasteiger partial charge in [-0.15, -0.1) is 0 Å². The Hall–Kier alpha value is -0.490. The van der Waals surface area contributed by atoms with E-state index in [1.807, 2.05) is 33.0 Å². The number of nitrogens with zero attached hydrogens (tertiary/aromatic N) is 1. The summed E-state index contributed by atoms with van der Waals surface area (Å²) in [5, 5.41) is 3.23. The predicted molar refractivity (Wildman–Crippen MR) is 75.5 cm³/mol. The number of aromatic nitrogens is 1. The largest absolute Gasteiger partial charge is 0.351 e. The molecule has 0 aliphatic carbocycles. The quantitative estimate of drug-likeness (QED) is 0.748. The molecule has 1 unspecified atom stereocenters. The summed E-state index contributed by atoms with van der Waals surface area (Å²) in [6.07, 6.45) is 2.34. The zero-order valence-electron chi connectivity index (χ0n) is 11.1. The van der Waals surface area contributed by atoms with Crippen molar-refractivity contribution in [3.8, 4) is 0 Å². The molecule has 0 fully saturated rings. The number of halogens is 1. The number of rotatable bonds is 8. The molecule has 0 saturated carbocycles. The van der Waals surface area contributed by atoms with Crippen LogP contribution in [0.25, 0.3) is 0 Å². The lowest BCUT2D eigenvalue weighted by atomic mass is 10.1. The van der Waals surface area contributed by atoms with E-state index in [1.54, 1.807) is 6.20 Å². The number of nitrogens with one attached hydrogen (secondary N) is 1. The molecule has 1 rings (SSSR count). The Labute approximate surface area is 117 Å². The summed E-state index contributed by atoms with van der Waals surface area (Å²) in [6, 6.07) is 4.09. The second kappa shape index (κ2) is 8.58. The van der Waals surface area contributed by atoms with Crippen LogP contribution in [0, 0.1) is 0 Å². The summed E-state index contributed by atoms with van der Waals surface area (Å²) in [5.74, 6) is 0. The van der Waals surface area contributed by atoms with E-state index in [0.29, 0.717) is 13.2 Å². The summed E-state index contributed by atoms with van der Waals surface area (Å²) in [5.41, 5.74) is 1.02. The molecule has 1 N–H and O–H groups in total. The van der Waals surface area contributed by atoms with Crippen LogP contribution < -0.4 is 5.32 Å². The molecule has 1 aromatic rings. The van der Waals surface area contributed by atoms with Gasteiger partial charge in [0, 0.05) is 36.0 Å². The Balaban J connectivity index is 2.66. The van der Waals surface area contributed by atoms with Crippen LogP contribution in [0.5, 0.6) is 0 Å². The predicted octanol–water partition coefficient (Wildman–Crippen LogP) is 2.37. The normalized spacial score (nSPS) is 12.9. The Morgan fingerprint density at radius 2 is 1.94 bits per heavy atom. The highest BCUT2D eigenvalue weighted by Gasteiger charge is 2.21. The van der Waals surface area contributed by atoms with Crippen LogP contribution in [0.4, 0.5) is 0 Å². The van der Waals surface area contributed by atoms with Gasteiger partial charge in [0.2, 0.25) is 0 Å². The lowest BCUT2D eigenvalue weighted by molar-refractivity contribution is -0.152. The van der Waals surface area contributed by atoms with E-state index in [2.05, 4.69) is 26.2 Å². The summed E-state index contributed by atoms with van der Waals surface area (Å²) >= 11 is 3.38. The van der Waals surface area contributed by atoms with Gasteiger partial charge in [-0.3, -0.25) is 4.98 Å². The molecule has 0 spiro atoms. The zero-order chi connectivity index (χ0) is 13.4. The second-order valence-electron chi connectivity index (χ2n) is 3.85. The summed E-state index contributed by atoms with van der Waals surface area (Å²) in [6.45, 7) is 5.21. The molecule has 102 valence electrons. The molecule has 0 radical (unpaired) electrons. The van der Waals surface area contributed by atoms with Gasteiger partial charge in [-0.1, -0.05) is 0 Å². The van der Waals surface area contributed by atoms with Crippen molar-refractivity contribution in [3.05, 3.63) is 28.5 Å². The van der Waals surface area contributed by atoms with Gasteiger partial charge in [-0.05, 0) is 49.0 Å². The molecule has 4 nitrogen and oxygen atoms in total. The molecule has 0 bridgehead atoms. The van der Waals surface area contributed by atoms with E-state index < -0.39 is 0 Å². The van der Waals surface area contributed by atoms with Crippen LogP contribution in [0.1, 0.15) is 19.5 Å². The maximum Gasteiger partial charge on any atom is 0.173 e. The smallest absolute Gasteiger partial charge is 0.173 e. The minimum absolute atomic E-state index is 0.0959. The molecule has 0 amide bonds. The molecule has 1 atom stereocenters. The molecule has 0 saturated heterocycles. The summed E-state index contributed by atoms with van der Waals surface area (Å²) < 4.78 is 12.2. The van der Waals surface area contributed by atoms with Gasteiger partial charge in [-0.25, -0.2) is 0 Å². The van der Waals surface area contributed by atoms with E-state index in [4.69, 9.17) is 9.47 Å². The van der Waals surface area contributed by atoms with Crippen LogP contribution in [0.15, 0.2) is 22.8 Å². The Morgan fingerprint density at radius 3 is 2.39 bits per heavy atom. The first-order valence-corrected chi connectivity index (χ1v) is 7.01. The Kier molecular flexibility index (Phi) is 7.42. The fourth-order valence-corrected chi connectivity index (χ4v) is 1.93. The molecular formula is C13H21BrN2O2. The van der Waals surface area contributed by atoms with Crippen molar-refractivity contribution >= 4 is 15.9 Å². The standard InChI is InChI=1S/C13H21BrN2O2/c1-4-17-13(18-5-2)12(15-3)8-11-7-6-10(14)9-16-11/h6-7,9,12-13,15H,4-5,8H2,1-3H3. The van der Waals surface area contributed by atoms with Crippen LogP contribution in [-0.2, 0) is 15.9 Å². The van der Waals surface area contributed by atoms with Crippen LogP contribution in [0.3, 0.4) is 0 Å². The average Bonchev–Trinajstić information content (AvgIpc) is 2.38. The first kappa shape index (κ1) is 15.6. The Morgan fingerprint density at radius 1 is 1.28 bits per heavy atom. The van der Waals surface area contributed by atoms with E-state index in [9.17, 15) is 0 Å². The topological polar surface area (TPSA) is 43.4 Å². The third-order valence-electron chi connectivity index (χ3n) is 2.58. The fourth-order valence-electron chi connectivity index (χ4n) is 1.70. The van der Waals surface area contributed by atoms with Crippen LogP contribution in [-0.4, -0.2) is 37.6 Å². The molecule has 5 heteroatoms. The molecule has 18 heavy (non-hydrogen) atoms. The van der Waals surface area contributed by atoms with Crippen molar-refractivity contribution in [3.63, 3.8) is 0 Å². The van der Waals surface area contributed by atoms with E-state index in [1.165, 1.54) is 0 Å². The van der Waals surface area contributed by atoms with Crippen molar-refractivity contribution in [1.82, 2.24) is 10.3 Å². The van der Waals surface area contributed by atoms with Crippen molar-refractivity contribution in [2.45, 2.75) is 32.6 Å². The first-order valence-electron chi connectivity index (χ1n) is 6.22. The first-order chi connectivity index (χ1) is 8.71. The number of pyridine rings is 1. The van der Waals surface area contributed by atoms with E-state index >= 15 is 0 Å². The van der Waals surface area contributed by atoms with Gasteiger partial charge < -0.3 is 14.8 Å². The molecule has 1 heterocycles. The van der Waals surface area contributed by atoms with E-state index in [0.717, 1.165) is 16.6 Å². The molecular weight excluding hydrogens is 296 g/mol. The zero-order valence-corrected chi connectivity index (χ0v) is 12.7. The third-order valence-corrected chi connectivity index (χ3v) is 3.05. The minimum atomic E-state index is -0.240. The van der Waals surface area contributed by atoms with Gasteiger partial charge in [0.05, 0.1) is 6.04 Å². The number of hydrogen-bond donors (Lipinski definition) is 1. The Bertz CT molecular complexity index is 326. The summed E-state index contributed by atoms with van der Waals surface area (Å²) in [4.78, 5) is 4.37. The number of ether oxygens (including phenoxy) is 2. The maximum absolute atomic E-state index is 5.61. The highest BCUT2D eigenvalue weighted by atomic mass is 79.9. The SMILES string of the molecule is CCOC(OCC)C(Cc1ccc(Br)cn1)NC. The molecule has 0 aromatic carbocycles. The monoisotopic (exact) mass is 316 g/mol. The van der Waals surface area contributed by atoms with Crippen molar-refractivity contribution in [2.75, 3.05) is 20.3 Å². The molecule has 0 aliphatic heterocycles. The van der Waals surface area contributed by atoms with Crippen molar-refractivity contribution in [2.24, 2.45) is 0 Å². The van der Waals surface area contributed by atoms with Crippen LogP contribution in [0.2, 0.25) is 0 Å². The third kappa shape index (κ3) is 5.02. The van der Waals surface area contributed by atoms with Gasteiger partial charge in [0.15, 0.2) is 6.29 Å². The summed E-state index contributed by atoms with van der Waals surface area (Å²) in [7, 11) is 1.91. The highest BCUT2D eigenvalue weighted by molar-refractivity contribution is 9.10. The molecule has 0 aliphatic rings. The van der Waals surface area contributed by atoms with Gasteiger partial charge >= 0.3 is 0 Å². The van der Waals surface area contributed by atoms with Gasteiger partial charge in [0.1, 0.15) is 0 Å². The van der Waals surface area contributed by atoms with Gasteiger partial charge in [0.25, 0.3) is 0 Å². The number of likely N-dealkylation sites (N-methyl/N-ethyl adjacent to an activating group) is 1. The van der Waals surface area contributed by atoms with Crippen LogP contribution >= 0.6 is 15.9 Å². The molecule has 1 aromatic heterocycles. The lowest BCUT2D eigenvalue weighted by Gasteiger charge is -2.26. The second-order valence-corrected chi connectivity index (χ2v) is 4.76. The fraction of sp³-hybridized carbons (Fsp3) is 0.615. The number of hydrogen-bond acceptors (Lipinski definition) is 4. The minimum Gasteiger partial charge on any atom is -0.351 e. The van der Waals surface area contributed by atoms with Crippen molar-refractivity contribution < 1.29 is 9.47 Å². The highest BCUT2D eigenvalue weighted by Crippen LogP contribution is 2.11.